The number of rotatable bonds is 6. The molecule has 0 unspecified atom stereocenters. The van der Waals surface area contributed by atoms with Crippen molar-refractivity contribution in [2.75, 3.05) is 19.5 Å². The SMILES string of the molecule is COC(=O)c1cccc(CSCCCO)c1. The van der Waals surface area contributed by atoms with E-state index in [-0.39, 0.29) is 12.6 Å². The number of aliphatic hydroxyl groups is 1. The Kier molecular flexibility index (Phi) is 5.96. The molecule has 1 rings (SSSR count). The topological polar surface area (TPSA) is 46.5 Å². The van der Waals surface area contributed by atoms with Crippen molar-refractivity contribution in [1.29, 1.82) is 0 Å². The van der Waals surface area contributed by atoms with Crippen molar-refractivity contribution in [2.45, 2.75) is 12.2 Å². The van der Waals surface area contributed by atoms with Crippen molar-refractivity contribution >= 4 is 17.7 Å². The molecule has 4 heteroatoms. The second-order valence-corrected chi connectivity index (χ2v) is 4.43. The van der Waals surface area contributed by atoms with Crippen molar-refractivity contribution in [3.05, 3.63) is 35.4 Å². The number of hydrogen-bond acceptors (Lipinski definition) is 4. The number of ether oxygens (including phenoxy) is 1. The number of esters is 1. The molecule has 0 saturated heterocycles. The summed E-state index contributed by atoms with van der Waals surface area (Å²) in [4.78, 5) is 11.3. The minimum Gasteiger partial charge on any atom is -0.465 e. The average Bonchev–Trinajstić information content (AvgIpc) is 2.34. The molecule has 0 amide bonds. The Hall–Kier alpha value is -1.00. The highest BCUT2D eigenvalue weighted by atomic mass is 32.2. The summed E-state index contributed by atoms with van der Waals surface area (Å²) in [5.41, 5.74) is 1.69. The molecule has 0 aliphatic rings. The van der Waals surface area contributed by atoms with Crippen LogP contribution in [0.1, 0.15) is 22.3 Å². The average molecular weight is 240 g/mol. The van der Waals surface area contributed by atoms with Crippen LogP contribution in [0.2, 0.25) is 0 Å². The number of hydrogen-bond donors (Lipinski definition) is 1. The standard InChI is InChI=1S/C12H16O3S/c1-15-12(14)11-5-2-4-10(8-11)9-16-7-3-6-13/h2,4-5,8,13H,3,6-7,9H2,1H3. The number of benzene rings is 1. The zero-order valence-corrected chi connectivity index (χ0v) is 10.1. The molecule has 0 heterocycles. The number of aliphatic hydroxyl groups excluding tert-OH is 1. The van der Waals surface area contributed by atoms with Gasteiger partial charge in [0.25, 0.3) is 0 Å². The van der Waals surface area contributed by atoms with Crippen LogP contribution in [0, 0.1) is 0 Å². The van der Waals surface area contributed by atoms with Crippen molar-refractivity contribution in [1.82, 2.24) is 0 Å². The van der Waals surface area contributed by atoms with Gasteiger partial charge in [-0.1, -0.05) is 12.1 Å². The fourth-order valence-corrected chi connectivity index (χ4v) is 2.16. The van der Waals surface area contributed by atoms with Gasteiger partial charge in [0.1, 0.15) is 0 Å². The van der Waals surface area contributed by atoms with Gasteiger partial charge in [-0.25, -0.2) is 4.79 Å². The summed E-state index contributed by atoms with van der Waals surface area (Å²) >= 11 is 1.75. The van der Waals surface area contributed by atoms with Gasteiger partial charge in [-0.15, -0.1) is 0 Å². The lowest BCUT2D eigenvalue weighted by molar-refractivity contribution is 0.0600. The Balaban J connectivity index is 2.50. The highest BCUT2D eigenvalue weighted by molar-refractivity contribution is 7.98. The van der Waals surface area contributed by atoms with E-state index in [1.165, 1.54) is 7.11 Å². The van der Waals surface area contributed by atoms with Crippen molar-refractivity contribution in [2.24, 2.45) is 0 Å². The summed E-state index contributed by atoms with van der Waals surface area (Å²) in [6, 6.07) is 7.43. The zero-order chi connectivity index (χ0) is 11.8. The summed E-state index contributed by atoms with van der Waals surface area (Å²) < 4.78 is 4.66. The third-order valence-corrected chi connectivity index (χ3v) is 3.18. The molecule has 88 valence electrons. The number of carbonyl (C=O) groups is 1. The minimum absolute atomic E-state index is 0.231. The first-order valence-electron chi connectivity index (χ1n) is 5.13. The maximum atomic E-state index is 11.3. The Bertz CT molecular complexity index is 339. The number of methoxy groups -OCH3 is 1. The van der Waals surface area contributed by atoms with E-state index in [0.29, 0.717) is 5.56 Å². The molecule has 0 bridgehead atoms. The molecule has 0 aromatic heterocycles. The van der Waals surface area contributed by atoms with Crippen LogP contribution in [0.4, 0.5) is 0 Å². The molecular formula is C12H16O3S. The lowest BCUT2D eigenvalue weighted by atomic mass is 10.1. The Morgan fingerprint density at radius 3 is 3.00 bits per heavy atom. The van der Waals surface area contributed by atoms with Crippen LogP contribution >= 0.6 is 11.8 Å². The fourth-order valence-electron chi connectivity index (χ4n) is 1.26. The molecule has 0 aliphatic carbocycles. The van der Waals surface area contributed by atoms with E-state index in [0.717, 1.165) is 23.5 Å². The second kappa shape index (κ2) is 7.30. The van der Waals surface area contributed by atoms with Crippen molar-refractivity contribution in [3.8, 4) is 0 Å². The van der Waals surface area contributed by atoms with Crippen LogP contribution < -0.4 is 0 Å². The Morgan fingerprint density at radius 1 is 1.50 bits per heavy atom. The normalized spacial score (nSPS) is 10.1. The van der Waals surface area contributed by atoms with E-state index in [9.17, 15) is 4.79 Å². The first-order valence-corrected chi connectivity index (χ1v) is 6.29. The van der Waals surface area contributed by atoms with E-state index < -0.39 is 0 Å². The van der Waals surface area contributed by atoms with Crippen molar-refractivity contribution in [3.63, 3.8) is 0 Å². The second-order valence-electron chi connectivity index (χ2n) is 3.32. The molecule has 3 nitrogen and oxygen atoms in total. The van der Waals surface area contributed by atoms with E-state index >= 15 is 0 Å². The first kappa shape index (κ1) is 13.1. The van der Waals surface area contributed by atoms with Gasteiger partial charge in [-0.2, -0.15) is 11.8 Å². The maximum Gasteiger partial charge on any atom is 0.337 e. The van der Waals surface area contributed by atoms with Gasteiger partial charge < -0.3 is 9.84 Å². The quantitative estimate of drug-likeness (QED) is 0.611. The van der Waals surface area contributed by atoms with Crippen LogP contribution in [0.3, 0.4) is 0 Å². The first-order chi connectivity index (χ1) is 7.77. The monoisotopic (exact) mass is 240 g/mol. The Morgan fingerprint density at radius 2 is 2.31 bits per heavy atom. The fraction of sp³-hybridized carbons (Fsp3) is 0.417. The minimum atomic E-state index is -0.304. The summed E-state index contributed by atoms with van der Waals surface area (Å²) in [6.45, 7) is 0.231. The van der Waals surface area contributed by atoms with Crippen molar-refractivity contribution < 1.29 is 14.6 Å². The molecule has 0 radical (unpaired) electrons. The highest BCUT2D eigenvalue weighted by Crippen LogP contribution is 2.14. The molecule has 0 aliphatic heterocycles. The van der Waals surface area contributed by atoms with Crippen LogP contribution in [0.15, 0.2) is 24.3 Å². The lowest BCUT2D eigenvalue weighted by Crippen LogP contribution is -2.01. The maximum absolute atomic E-state index is 11.3. The molecule has 1 aromatic rings. The van der Waals surface area contributed by atoms with E-state index in [1.54, 1.807) is 17.8 Å². The summed E-state index contributed by atoms with van der Waals surface area (Å²) in [7, 11) is 1.38. The van der Waals surface area contributed by atoms with Gasteiger partial charge >= 0.3 is 5.97 Å². The van der Waals surface area contributed by atoms with Crippen LogP contribution in [-0.2, 0) is 10.5 Å². The van der Waals surface area contributed by atoms with Gasteiger partial charge in [0, 0.05) is 12.4 Å². The van der Waals surface area contributed by atoms with E-state index in [1.807, 2.05) is 18.2 Å². The summed E-state index contributed by atoms with van der Waals surface area (Å²) in [5, 5.41) is 8.64. The highest BCUT2D eigenvalue weighted by Gasteiger charge is 2.05. The Labute approximate surface area is 99.8 Å². The third-order valence-electron chi connectivity index (χ3n) is 2.06. The predicted molar refractivity (Wildman–Crippen MR) is 65.6 cm³/mol. The number of carbonyl (C=O) groups excluding carboxylic acids is 1. The number of thioether (sulfide) groups is 1. The smallest absolute Gasteiger partial charge is 0.337 e. The van der Waals surface area contributed by atoms with Gasteiger partial charge in [0.05, 0.1) is 12.7 Å². The zero-order valence-electron chi connectivity index (χ0n) is 9.31. The van der Waals surface area contributed by atoms with Gasteiger partial charge in [0.2, 0.25) is 0 Å². The molecule has 1 N–H and O–H groups in total. The molecule has 0 fully saturated rings. The summed E-state index contributed by atoms with van der Waals surface area (Å²) in [6.07, 6.45) is 0.807. The van der Waals surface area contributed by atoms with Gasteiger partial charge in [0.15, 0.2) is 0 Å². The molecule has 0 spiro atoms. The van der Waals surface area contributed by atoms with Crippen LogP contribution in [0.25, 0.3) is 0 Å². The third kappa shape index (κ3) is 4.24. The largest absolute Gasteiger partial charge is 0.465 e. The van der Waals surface area contributed by atoms with E-state index in [2.05, 4.69) is 4.74 Å². The summed E-state index contributed by atoms with van der Waals surface area (Å²) in [5.74, 6) is 1.48. The van der Waals surface area contributed by atoms with Crippen LogP contribution in [-0.4, -0.2) is 30.5 Å². The van der Waals surface area contributed by atoms with E-state index in [4.69, 9.17) is 5.11 Å². The molecule has 0 saturated carbocycles. The molecule has 0 atom stereocenters. The van der Waals surface area contributed by atoms with Gasteiger partial charge in [-0.3, -0.25) is 0 Å². The molecule has 1 aromatic carbocycles. The predicted octanol–water partition coefficient (Wildman–Crippen LogP) is 2.09. The van der Waals surface area contributed by atoms with Crippen LogP contribution in [0.5, 0.6) is 0 Å². The molecular weight excluding hydrogens is 224 g/mol. The lowest BCUT2D eigenvalue weighted by Gasteiger charge is -2.03. The van der Waals surface area contributed by atoms with Gasteiger partial charge in [-0.05, 0) is 29.9 Å². The molecule has 16 heavy (non-hydrogen) atoms.